The average molecular weight is 420 g/mol. The fraction of sp³-hybridized carbons (Fsp3) is 0.350. The minimum atomic E-state index is -0.515. The summed E-state index contributed by atoms with van der Waals surface area (Å²) in [7, 11) is 0. The van der Waals surface area contributed by atoms with E-state index in [-0.39, 0.29) is 12.5 Å². The Kier molecular flexibility index (Phi) is 6.66. The van der Waals surface area contributed by atoms with Crippen LogP contribution in [0.25, 0.3) is 0 Å². The first kappa shape index (κ1) is 18.9. The summed E-state index contributed by atoms with van der Waals surface area (Å²) in [5.41, 5.74) is 0.716. The predicted octanol–water partition coefficient (Wildman–Crippen LogP) is 1.23. The number of hydrogen-bond donors (Lipinski definition) is 2. The van der Waals surface area contributed by atoms with Crippen LogP contribution in [0.4, 0.5) is 0 Å². The molecule has 1 heterocycles. The minimum absolute atomic E-state index is 0.0736. The number of amides is 1. The van der Waals surface area contributed by atoms with Crippen molar-refractivity contribution >= 4 is 21.8 Å². The van der Waals surface area contributed by atoms with E-state index in [2.05, 4.69) is 15.9 Å². The van der Waals surface area contributed by atoms with E-state index in [9.17, 15) is 9.90 Å². The first-order chi connectivity index (χ1) is 12.6. The van der Waals surface area contributed by atoms with Crippen LogP contribution in [0.3, 0.4) is 0 Å². The molecule has 1 aliphatic rings. The third kappa shape index (κ3) is 5.30. The lowest BCUT2D eigenvalue weighted by Gasteiger charge is -2.33. The molecule has 1 saturated heterocycles. The Bertz CT molecular complexity index is 701. The summed E-state index contributed by atoms with van der Waals surface area (Å²) >= 11 is 3.39. The van der Waals surface area contributed by atoms with Gasteiger partial charge in [-0.3, -0.25) is 4.79 Å². The van der Waals surface area contributed by atoms with E-state index < -0.39 is 6.10 Å². The summed E-state index contributed by atoms with van der Waals surface area (Å²) in [4.78, 5) is 15.7. The highest BCUT2D eigenvalue weighted by Gasteiger charge is 2.26. The molecule has 2 N–H and O–H groups in total. The number of benzene rings is 2. The first-order valence-corrected chi connectivity index (χ1v) is 9.65. The maximum absolute atomic E-state index is 12.5. The zero-order chi connectivity index (χ0) is 18.4. The third-order valence-electron chi connectivity index (χ3n) is 4.56. The molecule has 6 heteroatoms. The quantitative estimate of drug-likeness (QED) is 0.740. The summed E-state index contributed by atoms with van der Waals surface area (Å²) in [6.07, 6.45) is -0.515. The monoisotopic (exact) mass is 419 g/mol. The third-order valence-corrected chi connectivity index (χ3v) is 5.09. The largest absolute Gasteiger partial charge is 0.491 e. The summed E-state index contributed by atoms with van der Waals surface area (Å²) in [6.45, 7) is 4.00. The van der Waals surface area contributed by atoms with Gasteiger partial charge >= 0.3 is 0 Å². The van der Waals surface area contributed by atoms with Gasteiger partial charge in [0, 0.05) is 10.0 Å². The number of aliphatic hydroxyl groups excluding tert-OH is 1. The number of para-hydroxylation sites is 1. The molecule has 0 aliphatic carbocycles. The predicted molar refractivity (Wildman–Crippen MR) is 104 cm³/mol. The Morgan fingerprint density at radius 3 is 2.42 bits per heavy atom. The molecule has 2 aromatic rings. The second-order valence-corrected chi connectivity index (χ2v) is 7.45. The topological polar surface area (TPSA) is 54.2 Å². The van der Waals surface area contributed by atoms with Gasteiger partial charge in [0.25, 0.3) is 5.91 Å². The fourth-order valence-electron chi connectivity index (χ4n) is 3.11. The molecule has 3 rings (SSSR count). The van der Waals surface area contributed by atoms with Crippen LogP contribution in [-0.4, -0.2) is 61.3 Å². The molecule has 1 aliphatic heterocycles. The number of aliphatic hydroxyl groups is 1. The smallest absolute Gasteiger partial charge is 0.254 e. The van der Waals surface area contributed by atoms with Crippen molar-refractivity contribution in [3.8, 4) is 5.75 Å². The number of hydrogen-bond acceptors (Lipinski definition) is 3. The van der Waals surface area contributed by atoms with Gasteiger partial charge in [-0.25, -0.2) is 0 Å². The number of nitrogens with zero attached hydrogens (tertiary/aromatic N) is 1. The van der Waals surface area contributed by atoms with Crippen molar-refractivity contribution in [1.82, 2.24) is 4.90 Å². The number of ether oxygens (including phenoxy) is 1. The van der Waals surface area contributed by atoms with E-state index >= 15 is 0 Å². The second-order valence-electron chi connectivity index (χ2n) is 6.53. The van der Waals surface area contributed by atoms with E-state index in [4.69, 9.17) is 4.74 Å². The number of carbonyl (C=O) groups is 1. The van der Waals surface area contributed by atoms with Crippen molar-refractivity contribution in [3.05, 3.63) is 64.6 Å². The van der Waals surface area contributed by atoms with Crippen molar-refractivity contribution in [2.75, 3.05) is 39.3 Å². The summed E-state index contributed by atoms with van der Waals surface area (Å²) in [6, 6.07) is 17.0. The summed E-state index contributed by atoms with van der Waals surface area (Å²) in [5.74, 6) is 0.843. The number of piperazine rings is 1. The molecular weight excluding hydrogens is 396 g/mol. The molecule has 138 valence electrons. The van der Waals surface area contributed by atoms with Crippen LogP contribution < -0.4 is 9.64 Å². The Hall–Kier alpha value is -1.89. The Labute approximate surface area is 162 Å². The van der Waals surface area contributed by atoms with E-state index in [1.165, 1.54) is 4.90 Å². The van der Waals surface area contributed by atoms with Gasteiger partial charge in [-0.1, -0.05) is 34.1 Å². The maximum Gasteiger partial charge on any atom is 0.254 e. The summed E-state index contributed by atoms with van der Waals surface area (Å²) in [5, 5.41) is 10.2. The van der Waals surface area contributed by atoms with Gasteiger partial charge in [0.15, 0.2) is 0 Å². The van der Waals surface area contributed by atoms with Gasteiger partial charge in [-0.05, 0) is 36.4 Å². The van der Waals surface area contributed by atoms with Crippen molar-refractivity contribution < 1.29 is 19.5 Å². The molecule has 0 radical (unpaired) electrons. The van der Waals surface area contributed by atoms with Crippen molar-refractivity contribution in [1.29, 1.82) is 0 Å². The lowest BCUT2D eigenvalue weighted by Crippen LogP contribution is -3.16. The Morgan fingerprint density at radius 1 is 1.12 bits per heavy atom. The summed E-state index contributed by atoms with van der Waals surface area (Å²) < 4.78 is 6.57. The molecule has 0 saturated carbocycles. The number of halogens is 1. The van der Waals surface area contributed by atoms with Crippen molar-refractivity contribution in [3.63, 3.8) is 0 Å². The Balaban J connectivity index is 1.41. The molecule has 5 nitrogen and oxygen atoms in total. The number of carbonyl (C=O) groups excluding carboxylic acids is 1. The Morgan fingerprint density at radius 2 is 1.77 bits per heavy atom. The highest BCUT2D eigenvalue weighted by Crippen LogP contribution is 2.12. The molecule has 0 aromatic heterocycles. The van der Waals surface area contributed by atoms with Crippen LogP contribution in [0.2, 0.25) is 0 Å². The number of nitrogens with one attached hydrogen (secondary N) is 1. The number of quaternary nitrogens is 1. The molecule has 1 unspecified atom stereocenters. The SMILES string of the molecule is O=C(c1ccc(Br)cc1)N1CC[NH+](CC(O)COc2ccccc2)CC1. The highest BCUT2D eigenvalue weighted by molar-refractivity contribution is 9.10. The van der Waals surface area contributed by atoms with Gasteiger partial charge in [-0.2, -0.15) is 0 Å². The first-order valence-electron chi connectivity index (χ1n) is 8.86. The molecule has 2 aromatic carbocycles. The lowest BCUT2D eigenvalue weighted by atomic mass is 10.2. The molecular formula is C20H24BrN2O3+. The average Bonchev–Trinajstić information content (AvgIpc) is 2.68. The zero-order valence-electron chi connectivity index (χ0n) is 14.6. The van der Waals surface area contributed by atoms with Gasteiger partial charge in [-0.15, -0.1) is 0 Å². The lowest BCUT2D eigenvalue weighted by molar-refractivity contribution is -0.907. The minimum Gasteiger partial charge on any atom is -0.491 e. The second kappa shape index (κ2) is 9.16. The van der Waals surface area contributed by atoms with Crippen LogP contribution in [0.1, 0.15) is 10.4 Å². The molecule has 1 amide bonds. The van der Waals surface area contributed by atoms with Gasteiger partial charge < -0.3 is 19.6 Å². The standard InChI is InChI=1S/C20H23BrN2O3/c21-17-8-6-16(7-9-17)20(25)23-12-10-22(11-13-23)14-18(24)15-26-19-4-2-1-3-5-19/h1-9,18,24H,10-15H2/p+1. The zero-order valence-corrected chi connectivity index (χ0v) is 16.2. The van der Waals surface area contributed by atoms with Crippen LogP contribution in [0.5, 0.6) is 5.75 Å². The highest BCUT2D eigenvalue weighted by atomic mass is 79.9. The molecule has 1 fully saturated rings. The molecule has 0 bridgehead atoms. The van der Waals surface area contributed by atoms with Crippen LogP contribution in [-0.2, 0) is 0 Å². The van der Waals surface area contributed by atoms with Crippen molar-refractivity contribution in [2.24, 2.45) is 0 Å². The van der Waals surface area contributed by atoms with Crippen LogP contribution in [0.15, 0.2) is 59.1 Å². The van der Waals surface area contributed by atoms with Crippen LogP contribution in [0, 0.1) is 0 Å². The normalized spacial score (nSPS) is 16.3. The van der Waals surface area contributed by atoms with Gasteiger partial charge in [0.1, 0.15) is 25.0 Å². The van der Waals surface area contributed by atoms with E-state index in [1.54, 1.807) is 0 Å². The molecule has 1 atom stereocenters. The van der Waals surface area contributed by atoms with Crippen LogP contribution >= 0.6 is 15.9 Å². The van der Waals surface area contributed by atoms with E-state index in [1.807, 2.05) is 59.5 Å². The van der Waals surface area contributed by atoms with E-state index in [0.29, 0.717) is 25.2 Å². The van der Waals surface area contributed by atoms with Gasteiger partial charge in [0.2, 0.25) is 0 Å². The van der Waals surface area contributed by atoms with Gasteiger partial charge in [0.05, 0.1) is 26.2 Å². The number of rotatable bonds is 6. The van der Waals surface area contributed by atoms with Crippen molar-refractivity contribution in [2.45, 2.75) is 6.10 Å². The fourth-order valence-corrected chi connectivity index (χ4v) is 3.37. The maximum atomic E-state index is 12.5. The van der Waals surface area contributed by atoms with E-state index in [0.717, 1.165) is 23.3 Å². The molecule has 26 heavy (non-hydrogen) atoms. The molecule has 0 spiro atoms.